The fourth-order valence-electron chi connectivity index (χ4n) is 10.6. The minimum atomic E-state index is 0.0810. The van der Waals surface area contributed by atoms with Gasteiger partial charge < -0.3 is 13.7 Å². The summed E-state index contributed by atoms with van der Waals surface area (Å²) in [5, 5.41) is 10.3. The molecule has 0 saturated carbocycles. The minimum Gasteiger partial charge on any atom is -0.309 e. The van der Waals surface area contributed by atoms with E-state index < -0.39 is 0 Å². The van der Waals surface area contributed by atoms with Crippen LogP contribution in [0.3, 0.4) is 0 Å². The second kappa shape index (κ2) is 11.5. The molecule has 3 nitrogen and oxygen atoms in total. The van der Waals surface area contributed by atoms with Crippen molar-refractivity contribution in [1.82, 2.24) is 13.7 Å². The maximum atomic E-state index is 2.59. The molecule has 0 N–H and O–H groups in total. The Morgan fingerprint density at radius 3 is 1.42 bits per heavy atom. The van der Waals surface area contributed by atoms with Gasteiger partial charge in [0.2, 0.25) is 0 Å². The van der Waals surface area contributed by atoms with Gasteiger partial charge in [-0.15, -0.1) is 0 Å². The Labute approximate surface area is 332 Å². The predicted molar refractivity (Wildman–Crippen MR) is 242 cm³/mol. The molecule has 8 aromatic carbocycles. The molecule has 57 heavy (non-hydrogen) atoms. The molecule has 3 aromatic heterocycles. The lowest BCUT2D eigenvalue weighted by Crippen LogP contribution is -2.33. The number of para-hydroxylation sites is 4. The van der Waals surface area contributed by atoms with Gasteiger partial charge in [-0.05, 0) is 112 Å². The van der Waals surface area contributed by atoms with Gasteiger partial charge in [0.25, 0.3) is 0 Å². The molecule has 3 heteroatoms. The molecule has 0 fully saturated rings. The van der Waals surface area contributed by atoms with Crippen LogP contribution >= 0.6 is 0 Å². The Morgan fingerprint density at radius 2 is 0.789 bits per heavy atom. The first-order chi connectivity index (χ1) is 27.8. The number of hydrogen-bond acceptors (Lipinski definition) is 0. The summed E-state index contributed by atoms with van der Waals surface area (Å²) in [6.07, 6.45) is 2.35. The molecule has 3 heterocycles. The standard InChI is InChI=1S/C54H43N3/c1-53(2)29-30-54(3,4)44-33-48-42(32-43(44)53)50-39-23-12-11-22-38(39)49-40-24-14-16-26-46(40)57(51(49)52(50)56(48)35-19-9-6-10-20-35)36-27-28-47-41(31-36)37-21-13-15-25-45(37)55(47)34-17-7-5-8-18-34/h5-28,31-33H,29-30H2,1-4H3. The molecule has 0 bridgehead atoms. The van der Waals surface area contributed by atoms with E-state index in [1.165, 1.54) is 112 Å². The third-order valence-corrected chi connectivity index (χ3v) is 13.4. The first kappa shape index (κ1) is 32.6. The lowest BCUT2D eigenvalue weighted by atomic mass is 9.63. The summed E-state index contributed by atoms with van der Waals surface area (Å²) in [6.45, 7) is 9.78. The summed E-state index contributed by atoms with van der Waals surface area (Å²) in [6, 6.07) is 61.1. The molecule has 274 valence electrons. The van der Waals surface area contributed by atoms with E-state index in [9.17, 15) is 0 Å². The number of fused-ring (bicyclic) bond motifs is 14. The second-order valence-corrected chi connectivity index (χ2v) is 17.6. The summed E-state index contributed by atoms with van der Waals surface area (Å²) in [5.74, 6) is 0. The van der Waals surface area contributed by atoms with Gasteiger partial charge in [-0.1, -0.05) is 125 Å². The van der Waals surface area contributed by atoms with Gasteiger partial charge in [0.15, 0.2) is 0 Å². The zero-order valence-corrected chi connectivity index (χ0v) is 32.8. The van der Waals surface area contributed by atoms with Crippen LogP contribution < -0.4 is 0 Å². The number of nitrogens with zero attached hydrogens (tertiary/aromatic N) is 3. The largest absolute Gasteiger partial charge is 0.309 e. The molecule has 1 aliphatic rings. The highest BCUT2D eigenvalue weighted by Gasteiger charge is 2.38. The molecule has 0 unspecified atom stereocenters. The fraction of sp³-hybridized carbons (Fsp3) is 0.148. The molecular formula is C54H43N3. The molecular weight excluding hydrogens is 691 g/mol. The van der Waals surface area contributed by atoms with Gasteiger partial charge in [0, 0.05) is 49.4 Å². The quantitative estimate of drug-likeness (QED) is 0.172. The Balaban J connectivity index is 1.31. The van der Waals surface area contributed by atoms with Crippen LogP contribution in [0.4, 0.5) is 0 Å². The molecule has 0 spiro atoms. The average Bonchev–Trinajstić information content (AvgIpc) is 3.89. The van der Waals surface area contributed by atoms with Crippen molar-refractivity contribution in [2.24, 2.45) is 0 Å². The summed E-state index contributed by atoms with van der Waals surface area (Å²) in [4.78, 5) is 0. The van der Waals surface area contributed by atoms with Crippen molar-refractivity contribution in [1.29, 1.82) is 0 Å². The Bertz CT molecular complexity index is 3440. The molecule has 12 rings (SSSR count). The van der Waals surface area contributed by atoms with Crippen LogP contribution in [0.1, 0.15) is 51.7 Å². The smallest absolute Gasteiger partial charge is 0.0795 e. The molecule has 0 saturated heterocycles. The van der Waals surface area contributed by atoms with Crippen molar-refractivity contribution in [2.45, 2.75) is 51.4 Å². The van der Waals surface area contributed by atoms with Crippen molar-refractivity contribution in [2.75, 3.05) is 0 Å². The number of rotatable bonds is 3. The topological polar surface area (TPSA) is 14.8 Å². The zero-order valence-electron chi connectivity index (χ0n) is 32.8. The van der Waals surface area contributed by atoms with Crippen LogP contribution in [-0.4, -0.2) is 13.7 Å². The maximum Gasteiger partial charge on any atom is 0.0795 e. The molecule has 0 radical (unpaired) electrons. The van der Waals surface area contributed by atoms with Gasteiger partial charge in [0.05, 0.1) is 33.1 Å². The highest BCUT2D eigenvalue weighted by molar-refractivity contribution is 6.36. The Kier molecular flexibility index (Phi) is 6.58. The highest BCUT2D eigenvalue weighted by Crippen LogP contribution is 2.51. The van der Waals surface area contributed by atoms with E-state index in [2.05, 4.69) is 205 Å². The summed E-state index contributed by atoms with van der Waals surface area (Å²) >= 11 is 0. The van der Waals surface area contributed by atoms with Gasteiger partial charge in [-0.2, -0.15) is 0 Å². The van der Waals surface area contributed by atoms with E-state index in [0.29, 0.717) is 0 Å². The predicted octanol–water partition coefficient (Wildman–Crippen LogP) is 14.5. The average molecular weight is 734 g/mol. The Morgan fingerprint density at radius 1 is 0.333 bits per heavy atom. The van der Waals surface area contributed by atoms with Crippen molar-refractivity contribution < 1.29 is 0 Å². The van der Waals surface area contributed by atoms with Crippen LogP contribution in [0, 0.1) is 0 Å². The van der Waals surface area contributed by atoms with Crippen molar-refractivity contribution in [3.63, 3.8) is 0 Å². The normalized spacial score (nSPS) is 15.2. The third-order valence-electron chi connectivity index (χ3n) is 13.4. The van der Waals surface area contributed by atoms with E-state index in [1.807, 2.05) is 0 Å². The first-order valence-electron chi connectivity index (χ1n) is 20.4. The van der Waals surface area contributed by atoms with E-state index >= 15 is 0 Å². The number of hydrogen-bond donors (Lipinski definition) is 0. The molecule has 0 aliphatic heterocycles. The minimum absolute atomic E-state index is 0.0810. The maximum absolute atomic E-state index is 2.59. The van der Waals surface area contributed by atoms with Crippen molar-refractivity contribution >= 4 is 76.2 Å². The zero-order chi connectivity index (χ0) is 38.2. The van der Waals surface area contributed by atoms with Gasteiger partial charge in [-0.25, -0.2) is 0 Å². The highest BCUT2D eigenvalue weighted by atomic mass is 15.0. The third kappa shape index (κ3) is 4.43. The fourth-order valence-corrected chi connectivity index (χ4v) is 10.6. The van der Waals surface area contributed by atoms with Crippen LogP contribution in [0.25, 0.3) is 93.3 Å². The van der Waals surface area contributed by atoms with Crippen LogP contribution in [0.5, 0.6) is 0 Å². The lowest BCUT2D eigenvalue weighted by Gasteiger charge is -2.42. The van der Waals surface area contributed by atoms with Crippen molar-refractivity contribution in [3.8, 4) is 17.1 Å². The van der Waals surface area contributed by atoms with Crippen LogP contribution in [0.2, 0.25) is 0 Å². The molecule has 0 atom stereocenters. The summed E-state index contributed by atoms with van der Waals surface area (Å²) < 4.78 is 7.57. The number of aromatic nitrogens is 3. The summed E-state index contributed by atoms with van der Waals surface area (Å²) in [5.41, 5.74) is 14.0. The number of benzene rings is 8. The van der Waals surface area contributed by atoms with Crippen molar-refractivity contribution in [3.05, 3.63) is 175 Å². The Hall–Kier alpha value is -6.58. The van der Waals surface area contributed by atoms with E-state index in [1.54, 1.807) is 0 Å². The SMILES string of the molecule is CC1(C)CCC(C)(C)c2cc3c(cc21)c1c2ccccc2c2c4ccccc4n(-c4ccc5c(c4)c4ccccc4n5-c4ccccc4)c2c1n3-c1ccccc1. The van der Waals surface area contributed by atoms with Crippen LogP contribution in [-0.2, 0) is 10.8 Å². The second-order valence-electron chi connectivity index (χ2n) is 17.6. The molecule has 1 aliphatic carbocycles. The first-order valence-corrected chi connectivity index (χ1v) is 20.4. The molecule has 11 aromatic rings. The van der Waals surface area contributed by atoms with E-state index in [-0.39, 0.29) is 10.8 Å². The van der Waals surface area contributed by atoms with Gasteiger partial charge in [0.1, 0.15) is 0 Å². The van der Waals surface area contributed by atoms with E-state index in [4.69, 9.17) is 0 Å². The summed E-state index contributed by atoms with van der Waals surface area (Å²) in [7, 11) is 0. The lowest BCUT2D eigenvalue weighted by molar-refractivity contribution is 0.332. The van der Waals surface area contributed by atoms with E-state index in [0.717, 1.165) is 5.69 Å². The molecule has 0 amide bonds. The van der Waals surface area contributed by atoms with Crippen LogP contribution in [0.15, 0.2) is 164 Å². The van der Waals surface area contributed by atoms with Gasteiger partial charge >= 0.3 is 0 Å². The van der Waals surface area contributed by atoms with Gasteiger partial charge in [-0.3, -0.25) is 0 Å². The monoisotopic (exact) mass is 733 g/mol.